The van der Waals surface area contributed by atoms with Gasteiger partial charge >= 0.3 is 0 Å². The van der Waals surface area contributed by atoms with Crippen LogP contribution in [0.25, 0.3) is 174 Å². The van der Waals surface area contributed by atoms with Crippen molar-refractivity contribution in [2.75, 3.05) is 0 Å². The molecule has 78 heavy (non-hydrogen) atoms. The smallest absolute Gasteiger partial charge is 0.172 e. The van der Waals surface area contributed by atoms with Gasteiger partial charge in [0.1, 0.15) is 45.3 Å². The molecule has 13 aromatic heterocycles. The number of nitrogens with zero attached hydrogens (tertiary/aromatic N) is 12. The zero-order valence-corrected chi connectivity index (χ0v) is 42.0. The van der Waals surface area contributed by atoms with Crippen LogP contribution in [-0.2, 0) is 0 Å². The van der Waals surface area contributed by atoms with E-state index < -0.39 is 0 Å². The van der Waals surface area contributed by atoms with E-state index in [1.165, 1.54) is 4.70 Å². The number of aromatic nitrogens is 12. The lowest BCUT2D eigenvalue weighted by Crippen LogP contribution is -1.96. The number of furan rings is 2. The highest BCUT2D eigenvalue weighted by Crippen LogP contribution is 2.44. The first-order valence-electron chi connectivity index (χ1n) is 25.0. The molecule has 18 aromatic rings. The average molecular weight is 1040 g/mol. The molecule has 0 N–H and O–H groups in total. The van der Waals surface area contributed by atoms with Crippen LogP contribution in [0.3, 0.4) is 0 Å². The Hall–Kier alpha value is -10.4. The highest BCUT2D eigenvalue weighted by molar-refractivity contribution is 7.26. The van der Waals surface area contributed by atoms with Crippen molar-refractivity contribution in [1.29, 1.82) is 0 Å². The maximum absolute atomic E-state index is 6.45. The van der Waals surface area contributed by atoms with Crippen molar-refractivity contribution in [3.05, 3.63) is 184 Å². The molecule has 0 spiro atoms. The molecule has 0 atom stereocenters. The molecule has 0 radical (unpaired) electrons. The number of rotatable bonds is 5. The third-order valence-electron chi connectivity index (χ3n) is 15.2. The first-order chi connectivity index (χ1) is 38.6. The van der Waals surface area contributed by atoms with Gasteiger partial charge in [0.15, 0.2) is 16.8 Å². The van der Waals surface area contributed by atoms with Crippen LogP contribution >= 0.6 is 22.7 Å². The van der Waals surface area contributed by atoms with E-state index in [0.717, 1.165) is 146 Å². The number of para-hydroxylation sites is 2. The lowest BCUT2D eigenvalue weighted by atomic mass is 10.0. The van der Waals surface area contributed by atoms with Crippen LogP contribution in [0.15, 0.2) is 193 Å². The molecule has 0 saturated heterocycles. The van der Waals surface area contributed by atoms with Gasteiger partial charge in [0.05, 0.1) is 34.8 Å². The lowest BCUT2D eigenvalue weighted by Gasteiger charge is -2.08. The zero-order valence-electron chi connectivity index (χ0n) is 40.3. The van der Waals surface area contributed by atoms with E-state index in [2.05, 4.69) is 121 Å². The van der Waals surface area contributed by atoms with Gasteiger partial charge in [-0.15, -0.1) is 22.7 Å². The second kappa shape index (κ2) is 15.6. The van der Waals surface area contributed by atoms with E-state index in [9.17, 15) is 0 Å². The van der Waals surface area contributed by atoms with Gasteiger partial charge in [0.25, 0.3) is 0 Å². The third-order valence-corrected chi connectivity index (χ3v) is 17.5. The second-order valence-corrected chi connectivity index (χ2v) is 21.5. The van der Waals surface area contributed by atoms with Crippen molar-refractivity contribution < 1.29 is 8.83 Å². The maximum atomic E-state index is 6.45. The predicted molar refractivity (Wildman–Crippen MR) is 310 cm³/mol. The van der Waals surface area contributed by atoms with Crippen molar-refractivity contribution in [3.8, 4) is 45.0 Å². The summed E-state index contributed by atoms with van der Waals surface area (Å²) in [5.74, 6) is 0. The second-order valence-electron chi connectivity index (χ2n) is 19.4. The monoisotopic (exact) mass is 1040 g/mol. The fourth-order valence-corrected chi connectivity index (χ4v) is 13.9. The van der Waals surface area contributed by atoms with E-state index in [4.69, 9.17) is 43.7 Å². The maximum Gasteiger partial charge on any atom is 0.172 e. The summed E-state index contributed by atoms with van der Waals surface area (Å²) in [7, 11) is 0. The van der Waals surface area contributed by atoms with Gasteiger partial charge in [-0.1, -0.05) is 36.4 Å². The molecule has 362 valence electrons. The van der Waals surface area contributed by atoms with Gasteiger partial charge in [0, 0.05) is 139 Å². The van der Waals surface area contributed by atoms with E-state index >= 15 is 0 Å². The molecule has 13 heterocycles. The summed E-state index contributed by atoms with van der Waals surface area (Å²) in [6.07, 6.45) is 19.8. The highest BCUT2D eigenvalue weighted by atomic mass is 32.1. The molecule has 0 saturated carbocycles. The summed E-state index contributed by atoms with van der Waals surface area (Å²) in [4.78, 5) is 48.2. The Bertz CT molecular complexity index is 5580. The predicted octanol–water partition coefficient (Wildman–Crippen LogP) is 15.4. The van der Waals surface area contributed by atoms with Crippen molar-refractivity contribution in [2.45, 2.75) is 0 Å². The molecule has 0 bridgehead atoms. The van der Waals surface area contributed by atoms with Crippen LogP contribution in [0, 0.1) is 0 Å². The van der Waals surface area contributed by atoms with Crippen LogP contribution < -0.4 is 0 Å². The molecule has 14 nitrogen and oxygen atoms in total. The molecular formula is C62H30N12O2S2. The van der Waals surface area contributed by atoms with Crippen LogP contribution in [0.5, 0.6) is 0 Å². The van der Waals surface area contributed by atoms with E-state index in [0.29, 0.717) is 22.6 Å². The van der Waals surface area contributed by atoms with Crippen LogP contribution in [0.4, 0.5) is 0 Å². The molecule has 0 unspecified atom stereocenters. The molecular weight excluding hydrogens is 1010 g/mol. The number of pyridine rings is 4. The fraction of sp³-hybridized carbons (Fsp3) is 0. The zero-order chi connectivity index (χ0) is 50.7. The summed E-state index contributed by atoms with van der Waals surface area (Å²) in [5, 5.41) is 10.2. The van der Waals surface area contributed by atoms with E-state index in [1.807, 2.05) is 49.2 Å². The summed E-state index contributed by atoms with van der Waals surface area (Å²) in [6, 6.07) is 40.4. The van der Waals surface area contributed by atoms with Crippen molar-refractivity contribution in [3.63, 3.8) is 0 Å². The number of fused-ring (bicyclic) bond motifs is 18. The first-order valence-corrected chi connectivity index (χ1v) is 26.7. The minimum absolute atomic E-state index is 0.646. The van der Waals surface area contributed by atoms with Gasteiger partial charge in [0.2, 0.25) is 0 Å². The Kier molecular flexibility index (Phi) is 8.36. The van der Waals surface area contributed by atoms with Crippen molar-refractivity contribution in [2.24, 2.45) is 0 Å². The van der Waals surface area contributed by atoms with Gasteiger partial charge < -0.3 is 8.83 Å². The van der Waals surface area contributed by atoms with Crippen molar-refractivity contribution in [1.82, 2.24) is 59.0 Å². The number of hydrogen-bond acceptors (Lipinski definition) is 14. The molecule has 0 aliphatic heterocycles. The molecule has 0 aliphatic rings. The molecule has 5 aromatic carbocycles. The Labute approximate surface area is 445 Å². The van der Waals surface area contributed by atoms with E-state index in [1.54, 1.807) is 60.1 Å². The standard InChI is InChI=1S/C62H30N12O2S2/c1-2-7-49-36(4-1)45-25-64-30-72-60(45)73(49)33-9-12-54-41(19-33)44-24-63-23-43(59(44)77-54)31-8-11-51-38(16-31)39-20-47(69-28-52(39)75-51)48-21-50-46(26-68-48)57-61(67-15-14-66-57)74(50)34-10-13-55-40(18-34)42-17-32(22-70-62(42)78-55)35-5-3-6-37-56-53(76-58(35)37)27-65-29-71-56/h1-30H. The summed E-state index contributed by atoms with van der Waals surface area (Å²) < 4.78 is 20.6. The topological polar surface area (TPSA) is 165 Å². The molecule has 0 aliphatic carbocycles. The first kappa shape index (κ1) is 41.9. The summed E-state index contributed by atoms with van der Waals surface area (Å²) in [5.41, 5.74) is 15.3. The minimum atomic E-state index is 0.646. The number of hydrogen-bond donors (Lipinski definition) is 0. The Balaban J connectivity index is 0.742. The lowest BCUT2D eigenvalue weighted by molar-refractivity contribution is 0.666. The third kappa shape index (κ3) is 5.89. The van der Waals surface area contributed by atoms with Gasteiger partial charge in [-0.05, 0) is 84.4 Å². The Morgan fingerprint density at radius 2 is 1.17 bits per heavy atom. The normalized spacial score (nSPS) is 12.4. The Morgan fingerprint density at radius 3 is 2.12 bits per heavy atom. The number of benzene rings is 5. The molecule has 0 fully saturated rings. The van der Waals surface area contributed by atoms with E-state index in [-0.39, 0.29) is 0 Å². The van der Waals surface area contributed by atoms with Crippen LogP contribution in [-0.4, -0.2) is 59.0 Å². The van der Waals surface area contributed by atoms with Gasteiger partial charge in [-0.3, -0.25) is 29.1 Å². The summed E-state index contributed by atoms with van der Waals surface area (Å²) in [6.45, 7) is 0. The molecule has 18 rings (SSSR count). The average Bonchev–Trinajstić information content (AvgIpc) is 4.41. The number of thiophene rings is 2. The Morgan fingerprint density at radius 1 is 0.385 bits per heavy atom. The largest absolute Gasteiger partial charge is 0.454 e. The van der Waals surface area contributed by atoms with Gasteiger partial charge in [-0.25, -0.2) is 29.9 Å². The highest BCUT2D eigenvalue weighted by Gasteiger charge is 2.22. The quantitative estimate of drug-likeness (QED) is 0.160. The van der Waals surface area contributed by atoms with Crippen LogP contribution in [0.2, 0.25) is 0 Å². The molecule has 16 heteroatoms. The van der Waals surface area contributed by atoms with Crippen LogP contribution in [0.1, 0.15) is 0 Å². The summed E-state index contributed by atoms with van der Waals surface area (Å²) >= 11 is 3.44. The SMILES string of the molecule is c1cc(-c2cnc3sc4ccc(-n5c6cc(-c7cc8c(cn7)oc7ccc(-c9cncc%10c9sc9ccc(-n%11c%12ccccc%12c%12cncnc%12%11)cc9%10)cc78)ncc6c6nccnc65)cc4c3c2)c2oc3cncnc3c2c1. The van der Waals surface area contributed by atoms with Crippen molar-refractivity contribution >= 4 is 151 Å². The fourth-order valence-electron chi connectivity index (χ4n) is 11.7. The minimum Gasteiger partial charge on any atom is -0.454 e. The van der Waals surface area contributed by atoms with Gasteiger partial charge in [-0.2, -0.15) is 0 Å². The molecule has 0 amide bonds.